The quantitative estimate of drug-likeness (QED) is 0.222. The van der Waals surface area contributed by atoms with Crippen LogP contribution in [-0.4, -0.2) is 12.6 Å². The lowest BCUT2D eigenvalue weighted by Gasteiger charge is -2.08. The normalized spacial score (nSPS) is 10.3. The summed E-state index contributed by atoms with van der Waals surface area (Å²) in [6.45, 7) is 2.80. The van der Waals surface area contributed by atoms with Crippen LogP contribution >= 0.6 is 0 Å². The topological polar surface area (TPSA) is 59.3 Å². The SMILES string of the molecule is CCCCCCCc1ccc(C(=O)Oc2ccc(OCCCCC#N)cc2)cc1. The largest absolute Gasteiger partial charge is 0.494 e. The fraction of sp³-hybridized carbons (Fsp3) is 0.440. The third-order valence-electron chi connectivity index (χ3n) is 4.74. The zero-order valence-corrected chi connectivity index (χ0v) is 17.4. The van der Waals surface area contributed by atoms with Crippen LogP contribution < -0.4 is 9.47 Å². The molecule has 0 amide bonds. The molecule has 0 heterocycles. The van der Waals surface area contributed by atoms with Gasteiger partial charge in [0.15, 0.2) is 0 Å². The van der Waals surface area contributed by atoms with Gasteiger partial charge in [-0.05, 0) is 67.6 Å². The molecule has 2 aromatic rings. The van der Waals surface area contributed by atoms with Gasteiger partial charge in [0.05, 0.1) is 18.2 Å². The van der Waals surface area contributed by atoms with Gasteiger partial charge in [0.25, 0.3) is 0 Å². The van der Waals surface area contributed by atoms with Crippen molar-refractivity contribution in [2.45, 2.75) is 64.7 Å². The maximum atomic E-state index is 12.3. The summed E-state index contributed by atoms with van der Waals surface area (Å²) in [6, 6.07) is 16.8. The highest BCUT2D eigenvalue weighted by Crippen LogP contribution is 2.19. The second-order valence-electron chi connectivity index (χ2n) is 7.19. The maximum absolute atomic E-state index is 12.3. The highest BCUT2D eigenvalue weighted by molar-refractivity contribution is 5.91. The van der Waals surface area contributed by atoms with Crippen LogP contribution in [0.2, 0.25) is 0 Å². The van der Waals surface area contributed by atoms with Crippen LogP contribution in [0.1, 0.15) is 74.2 Å². The molecule has 154 valence electrons. The number of esters is 1. The highest BCUT2D eigenvalue weighted by atomic mass is 16.5. The summed E-state index contributed by atoms with van der Waals surface area (Å²) in [5.74, 6) is 0.863. The van der Waals surface area contributed by atoms with E-state index in [9.17, 15) is 4.79 Å². The smallest absolute Gasteiger partial charge is 0.343 e. The van der Waals surface area contributed by atoms with Gasteiger partial charge < -0.3 is 9.47 Å². The van der Waals surface area contributed by atoms with E-state index in [-0.39, 0.29) is 5.97 Å². The summed E-state index contributed by atoms with van der Waals surface area (Å²) in [4.78, 5) is 12.3. The lowest BCUT2D eigenvalue weighted by molar-refractivity contribution is 0.0734. The summed E-state index contributed by atoms with van der Waals surface area (Å²) in [5, 5.41) is 8.51. The van der Waals surface area contributed by atoms with Crippen molar-refractivity contribution in [3.05, 3.63) is 59.7 Å². The van der Waals surface area contributed by atoms with Crippen molar-refractivity contribution in [2.24, 2.45) is 0 Å². The van der Waals surface area contributed by atoms with E-state index in [1.165, 1.54) is 37.7 Å². The predicted octanol–water partition coefficient (Wildman–Crippen LogP) is 6.49. The van der Waals surface area contributed by atoms with E-state index < -0.39 is 0 Å². The average molecular weight is 394 g/mol. The molecule has 0 N–H and O–H groups in total. The molecule has 2 aromatic carbocycles. The molecular weight excluding hydrogens is 362 g/mol. The summed E-state index contributed by atoms with van der Waals surface area (Å²) in [6.07, 6.45) is 9.61. The van der Waals surface area contributed by atoms with E-state index in [4.69, 9.17) is 14.7 Å². The predicted molar refractivity (Wildman–Crippen MR) is 115 cm³/mol. The standard InChI is InChI=1S/C25H31NO3/c1-2-3-4-5-7-10-21-11-13-22(14-12-21)25(27)29-24-17-15-23(16-18-24)28-20-9-6-8-19-26/h11-18H,2-10,20H2,1H3. The van der Waals surface area contributed by atoms with E-state index in [2.05, 4.69) is 13.0 Å². The summed E-state index contributed by atoms with van der Waals surface area (Å²) in [7, 11) is 0. The molecule has 0 bridgehead atoms. The second kappa shape index (κ2) is 13.4. The number of benzene rings is 2. The molecule has 0 unspecified atom stereocenters. The first-order valence-electron chi connectivity index (χ1n) is 10.6. The molecule has 0 spiro atoms. The Hall–Kier alpha value is -2.80. The van der Waals surface area contributed by atoms with Crippen molar-refractivity contribution in [2.75, 3.05) is 6.61 Å². The monoisotopic (exact) mass is 393 g/mol. The Balaban J connectivity index is 1.75. The van der Waals surface area contributed by atoms with Gasteiger partial charge in [-0.15, -0.1) is 0 Å². The molecule has 0 aliphatic rings. The fourth-order valence-electron chi connectivity index (χ4n) is 3.01. The number of aryl methyl sites for hydroxylation is 1. The Bertz CT molecular complexity index is 760. The van der Waals surface area contributed by atoms with Gasteiger partial charge in [0, 0.05) is 6.42 Å². The van der Waals surface area contributed by atoms with E-state index >= 15 is 0 Å². The van der Waals surface area contributed by atoms with Gasteiger partial charge >= 0.3 is 5.97 Å². The first-order valence-corrected chi connectivity index (χ1v) is 10.6. The van der Waals surface area contributed by atoms with Gasteiger partial charge in [-0.2, -0.15) is 5.26 Å². The molecule has 4 heteroatoms. The molecule has 0 radical (unpaired) electrons. The number of hydrogen-bond acceptors (Lipinski definition) is 4. The third-order valence-corrected chi connectivity index (χ3v) is 4.74. The van der Waals surface area contributed by atoms with E-state index in [0.29, 0.717) is 24.3 Å². The molecule has 2 rings (SSSR count). The van der Waals surface area contributed by atoms with Crippen molar-refractivity contribution in [3.63, 3.8) is 0 Å². The molecule has 0 aliphatic heterocycles. The highest BCUT2D eigenvalue weighted by Gasteiger charge is 2.09. The van der Waals surface area contributed by atoms with Crippen LogP contribution in [-0.2, 0) is 6.42 Å². The minimum absolute atomic E-state index is 0.357. The molecule has 4 nitrogen and oxygen atoms in total. The van der Waals surface area contributed by atoms with Crippen LogP contribution in [0.4, 0.5) is 0 Å². The summed E-state index contributed by atoms with van der Waals surface area (Å²) < 4.78 is 11.1. The summed E-state index contributed by atoms with van der Waals surface area (Å²) in [5.41, 5.74) is 1.81. The number of hydrogen-bond donors (Lipinski definition) is 0. The average Bonchev–Trinajstić information content (AvgIpc) is 2.75. The molecule has 0 aliphatic carbocycles. The minimum atomic E-state index is -0.357. The Morgan fingerprint density at radius 3 is 2.24 bits per heavy atom. The third kappa shape index (κ3) is 8.83. The molecule has 0 saturated heterocycles. The Morgan fingerprint density at radius 1 is 0.862 bits per heavy atom. The minimum Gasteiger partial charge on any atom is -0.494 e. The van der Waals surface area contributed by atoms with Gasteiger partial charge in [-0.25, -0.2) is 4.79 Å². The van der Waals surface area contributed by atoms with Crippen molar-refractivity contribution >= 4 is 5.97 Å². The molecular formula is C25H31NO3. The Labute approximate surface area is 174 Å². The molecule has 29 heavy (non-hydrogen) atoms. The number of ether oxygens (including phenoxy) is 2. The van der Waals surface area contributed by atoms with Gasteiger partial charge in [-0.1, -0.05) is 44.7 Å². The van der Waals surface area contributed by atoms with Crippen molar-refractivity contribution in [1.29, 1.82) is 5.26 Å². The lowest BCUT2D eigenvalue weighted by atomic mass is 10.0. The number of nitriles is 1. The molecule has 0 atom stereocenters. The molecule has 0 saturated carbocycles. The first-order chi connectivity index (χ1) is 14.2. The first kappa shape index (κ1) is 22.5. The number of unbranched alkanes of at least 4 members (excludes halogenated alkanes) is 6. The van der Waals surface area contributed by atoms with Crippen LogP contribution in [0.5, 0.6) is 11.5 Å². The Kier molecular flexibility index (Phi) is 10.4. The zero-order chi connectivity index (χ0) is 20.7. The van der Waals surface area contributed by atoms with Gasteiger partial charge in [-0.3, -0.25) is 0 Å². The number of rotatable bonds is 13. The molecule has 0 fully saturated rings. The number of carbonyl (C=O) groups is 1. The Morgan fingerprint density at radius 2 is 1.55 bits per heavy atom. The van der Waals surface area contributed by atoms with E-state index in [1.807, 2.05) is 24.3 Å². The second-order valence-corrected chi connectivity index (χ2v) is 7.19. The summed E-state index contributed by atoms with van der Waals surface area (Å²) >= 11 is 0. The number of carbonyl (C=O) groups excluding carboxylic acids is 1. The number of nitrogens with zero attached hydrogens (tertiary/aromatic N) is 1. The van der Waals surface area contributed by atoms with E-state index in [1.54, 1.807) is 24.3 Å². The molecule has 0 aromatic heterocycles. The van der Waals surface area contributed by atoms with Gasteiger partial charge in [0.1, 0.15) is 11.5 Å². The van der Waals surface area contributed by atoms with Crippen LogP contribution in [0.3, 0.4) is 0 Å². The van der Waals surface area contributed by atoms with Crippen LogP contribution in [0, 0.1) is 11.3 Å². The van der Waals surface area contributed by atoms with E-state index in [0.717, 1.165) is 25.0 Å². The van der Waals surface area contributed by atoms with Crippen molar-refractivity contribution in [1.82, 2.24) is 0 Å². The van der Waals surface area contributed by atoms with Crippen LogP contribution in [0.15, 0.2) is 48.5 Å². The fourth-order valence-corrected chi connectivity index (χ4v) is 3.01. The van der Waals surface area contributed by atoms with Crippen molar-refractivity contribution in [3.8, 4) is 17.6 Å². The van der Waals surface area contributed by atoms with Crippen molar-refractivity contribution < 1.29 is 14.3 Å². The maximum Gasteiger partial charge on any atom is 0.343 e. The zero-order valence-electron chi connectivity index (χ0n) is 17.4. The van der Waals surface area contributed by atoms with Gasteiger partial charge in [0.2, 0.25) is 0 Å². The lowest BCUT2D eigenvalue weighted by Crippen LogP contribution is -2.08. The van der Waals surface area contributed by atoms with Crippen LogP contribution in [0.25, 0.3) is 0 Å².